The number of ether oxygens (including phenoxy) is 1. The van der Waals surface area contributed by atoms with Gasteiger partial charge in [0, 0.05) is 12.6 Å². The van der Waals surface area contributed by atoms with Gasteiger partial charge in [-0.2, -0.15) is 0 Å². The van der Waals surface area contributed by atoms with Crippen molar-refractivity contribution in [2.75, 3.05) is 6.61 Å². The summed E-state index contributed by atoms with van der Waals surface area (Å²) < 4.78 is 5.75. The van der Waals surface area contributed by atoms with Gasteiger partial charge >= 0.3 is 0 Å². The molecule has 150 valence electrons. The fraction of sp³-hybridized carbons (Fsp3) is 0.250. The van der Waals surface area contributed by atoms with Gasteiger partial charge in [0.05, 0.1) is 5.56 Å². The number of carbonyl (C=O) groups excluding carboxylic acids is 2. The van der Waals surface area contributed by atoms with E-state index in [2.05, 4.69) is 10.6 Å². The lowest BCUT2D eigenvalue weighted by Gasteiger charge is -2.15. The number of amides is 2. The van der Waals surface area contributed by atoms with Crippen molar-refractivity contribution in [3.05, 3.63) is 77.9 Å². The Morgan fingerprint density at radius 3 is 2.31 bits per heavy atom. The molecule has 0 aliphatic rings. The van der Waals surface area contributed by atoms with Crippen LogP contribution in [0.1, 0.15) is 36.2 Å². The van der Waals surface area contributed by atoms with Crippen molar-refractivity contribution >= 4 is 22.6 Å². The van der Waals surface area contributed by atoms with Crippen molar-refractivity contribution in [1.29, 1.82) is 0 Å². The maximum Gasteiger partial charge on any atom is 0.258 e. The van der Waals surface area contributed by atoms with Crippen LogP contribution in [-0.2, 0) is 11.3 Å². The third kappa shape index (κ3) is 5.57. The fourth-order valence-corrected chi connectivity index (χ4v) is 2.95. The predicted molar refractivity (Wildman–Crippen MR) is 115 cm³/mol. The average molecular weight is 390 g/mol. The van der Waals surface area contributed by atoms with E-state index in [1.54, 1.807) is 6.07 Å². The van der Waals surface area contributed by atoms with Crippen LogP contribution in [0.15, 0.2) is 66.7 Å². The van der Waals surface area contributed by atoms with E-state index in [4.69, 9.17) is 4.74 Å². The highest BCUT2D eigenvalue weighted by Crippen LogP contribution is 2.26. The van der Waals surface area contributed by atoms with Gasteiger partial charge in [0.25, 0.3) is 11.8 Å². The Morgan fingerprint density at radius 2 is 1.62 bits per heavy atom. The zero-order valence-electron chi connectivity index (χ0n) is 16.8. The molecule has 3 aromatic carbocycles. The van der Waals surface area contributed by atoms with Crippen LogP contribution >= 0.6 is 0 Å². The third-order valence-electron chi connectivity index (χ3n) is 4.77. The van der Waals surface area contributed by atoms with Crippen molar-refractivity contribution < 1.29 is 14.3 Å². The number of hydrogen-bond donors (Lipinski definition) is 2. The van der Waals surface area contributed by atoms with Crippen LogP contribution in [0.5, 0.6) is 5.75 Å². The summed E-state index contributed by atoms with van der Waals surface area (Å²) in [7, 11) is 0. The molecule has 0 aliphatic heterocycles. The van der Waals surface area contributed by atoms with Gasteiger partial charge in [-0.3, -0.25) is 9.59 Å². The monoisotopic (exact) mass is 390 g/mol. The van der Waals surface area contributed by atoms with Crippen LogP contribution < -0.4 is 15.4 Å². The Kier molecular flexibility index (Phi) is 6.85. The van der Waals surface area contributed by atoms with Crippen LogP contribution in [0.25, 0.3) is 10.8 Å². The molecule has 3 aromatic rings. The van der Waals surface area contributed by atoms with E-state index in [1.165, 1.54) is 0 Å². The maximum atomic E-state index is 12.9. The van der Waals surface area contributed by atoms with Crippen LogP contribution in [0.2, 0.25) is 0 Å². The molecular weight excluding hydrogens is 364 g/mol. The lowest BCUT2D eigenvalue weighted by molar-refractivity contribution is -0.123. The van der Waals surface area contributed by atoms with Gasteiger partial charge in [0.15, 0.2) is 6.61 Å². The molecule has 0 bridgehead atoms. The lowest BCUT2D eigenvalue weighted by atomic mass is 10.1. The molecule has 0 saturated carbocycles. The highest BCUT2D eigenvalue weighted by atomic mass is 16.5. The summed E-state index contributed by atoms with van der Waals surface area (Å²) in [5.41, 5.74) is 1.42. The SMILES string of the molecule is CC[C@H](C)NC(=O)COc1cc2ccccc2cc1C(=O)NCc1ccccc1. The second kappa shape index (κ2) is 9.73. The Balaban J connectivity index is 1.79. The molecule has 1 atom stereocenters. The number of nitrogens with one attached hydrogen (secondary N) is 2. The van der Waals surface area contributed by atoms with E-state index in [9.17, 15) is 9.59 Å². The summed E-state index contributed by atoms with van der Waals surface area (Å²) in [5.74, 6) is -0.0475. The summed E-state index contributed by atoms with van der Waals surface area (Å²) in [6, 6.07) is 21.2. The minimum Gasteiger partial charge on any atom is -0.483 e. The first-order chi connectivity index (χ1) is 14.1. The molecule has 0 unspecified atom stereocenters. The molecule has 5 heteroatoms. The van der Waals surface area contributed by atoms with Gasteiger partial charge in [0.2, 0.25) is 0 Å². The average Bonchev–Trinajstić information content (AvgIpc) is 2.76. The van der Waals surface area contributed by atoms with Crippen molar-refractivity contribution in [3.63, 3.8) is 0 Å². The smallest absolute Gasteiger partial charge is 0.258 e. The lowest BCUT2D eigenvalue weighted by Crippen LogP contribution is -2.35. The molecule has 2 N–H and O–H groups in total. The molecule has 0 radical (unpaired) electrons. The highest BCUT2D eigenvalue weighted by Gasteiger charge is 2.16. The van der Waals surface area contributed by atoms with E-state index in [0.717, 1.165) is 22.8 Å². The normalized spacial score (nSPS) is 11.7. The molecule has 0 aliphatic carbocycles. The molecule has 5 nitrogen and oxygen atoms in total. The number of carbonyl (C=O) groups is 2. The highest BCUT2D eigenvalue weighted by molar-refractivity contribution is 6.01. The van der Waals surface area contributed by atoms with Crippen LogP contribution in [-0.4, -0.2) is 24.5 Å². The molecule has 2 amide bonds. The Hall–Kier alpha value is -3.34. The van der Waals surface area contributed by atoms with Crippen molar-refractivity contribution in [3.8, 4) is 5.75 Å². The quantitative estimate of drug-likeness (QED) is 0.609. The Bertz CT molecular complexity index is 986. The van der Waals surface area contributed by atoms with Gasteiger partial charge in [-0.05, 0) is 41.8 Å². The molecule has 0 fully saturated rings. The Morgan fingerprint density at radius 1 is 0.966 bits per heavy atom. The molecule has 29 heavy (non-hydrogen) atoms. The van der Waals surface area contributed by atoms with E-state index < -0.39 is 0 Å². The fourth-order valence-electron chi connectivity index (χ4n) is 2.95. The predicted octanol–water partition coefficient (Wildman–Crippen LogP) is 4.06. The van der Waals surface area contributed by atoms with Crippen LogP contribution in [0, 0.1) is 0 Å². The molecular formula is C24H26N2O3. The van der Waals surface area contributed by atoms with Crippen molar-refractivity contribution in [2.24, 2.45) is 0 Å². The minimum atomic E-state index is -0.239. The summed E-state index contributed by atoms with van der Waals surface area (Å²) in [6.45, 7) is 4.22. The molecule has 3 rings (SSSR count). The molecule has 0 spiro atoms. The first-order valence-corrected chi connectivity index (χ1v) is 9.84. The van der Waals surface area contributed by atoms with Crippen molar-refractivity contribution in [1.82, 2.24) is 10.6 Å². The van der Waals surface area contributed by atoms with Gasteiger partial charge in [-0.25, -0.2) is 0 Å². The van der Waals surface area contributed by atoms with E-state index in [-0.39, 0.29) is 24.5 Å². The van der Waals surface area contributed by atoms with E-state index in [1.807, 2.05) is 74.5 Å². The molecule has 0 heterocycles. The van der Waals surface area contributed by atoms with Crippen LogP contribution in [0.3, 0.4) is 0 Å². The van der Waals surface area contributed by atoms with E-state index in [0.29, 0.717) is 17.9 Å². The largest absolute Gasteiger partial charge is 0.483 e. The van der Waals surface area contributed by atoms with Crippen LogP contribution in [0.4, 0.5) is 0 Å². The minimum absolute atomic E-state index is 0.0799. The van der Waals surface area contributed by atoms with Gasteiger partial charge in [-0.1, -0.05) is 61.5 Å². The maximum absolute atomic E-state index is 12.9. The first-order valence-electron chi connectivity index (χ1n) is 9.84. The summed E-state index contributed by atoms with van der Waals surface area (Å²) in [6.07, 6.45) is 0.842. The number of rotatable bonds is 8. The van der Waals surface area contributed by atoms with Gasteiger partial charge < -0.3 is 15.4 Å². The van der Waals surface area contributed by atoms with E-state index >= 15 is 0 Å². The topological polar surface area (TPSA) is 67.4 Å². The number of fused-ring (bicyclic) bond motifs is 1. The molecule has 0 aromatic heterocycles. The first kappa shape index (κ1) is 20.4. The number of hydrogen-bond acceptors (Lipinski definition) is 3. The second-order valence-electron chi connectivity index (χ2n) is 7.03. The van der Waals surface area contributed by atoms with Gasteiger partial charge in [-0.15, -0.1) is 0 Å². The standard InChI is InChI=1S/C24H26N2O3/c1-3-17(2)26-23(27)16-29-22-14-20-12-8-7-11-19(20)13-21(22)24(28)25-15-18-9-5-4-6-10-18/h4-14,17H,3,15-16H2,1-2H3,(H,25,28)(H,26,27)/t17-/m0/s1. The van der Waals surface area contributed by atoms with Gasteiger partial charge in [0.1, 0.15) is 5.75 Å². The third-order valence-corrected chi connectivity index (χ3v) is 4.77. The second-order valence-corrected chi connectivity index (χ2v) is 7.03. The molecule has 0 saturated heterocycles. The van der Waals surface area contributed by atoms with Crippen molar-refractivity contribution in [2.45, 2.75) is 32.9 Å². The zero-order chi connectivity index (χ0) is 20.6. The summed E-state index contributed by atoms with van der Waals surface area (Å²) in [4.78, 5) is 25.0. The zero-order valence-corrected chi connectivity index (χ0v) is 16.8. The summed E-state index contributed by atoms with van der Waals surface area (Å²) >= 11 is 0. The summed E-state index contributed by atoms with van der Waals surface area (Å²) in [5, 5.41) is 7.68. The number of benzene rings is 3. The Labute approximate surface area is 171 Å².